The van der Waals surface area contributed by atoms with Crippen molar-refractivity contribution in [2.45, 2.75) is 115 Å². The average Bonchev–Trinajstić information content (AvgIpc) is 3.26. The summed E-state index contributed by atoms with van der Waals surface area (Å²) in [5.41, 5.74) is 1.62. The number of nitrogens with one attached hydrogen (secondary N) is 6. The first kappa shape index (κ1) is 51.5. The number of phenols is 1. The van der Waals surface area contributed by atoms with Crippen LogP contribution in [0.15, 0.2) is 54.6 Å². The number of carbonyl (C=O) groups is 8. The van der Waals surface area contributed by atoms with Gasteiger partial charge in [0.1, 0.15) is 48.6 Å². The van der Waals surface area contributed by atoms with E-state index < -0.39 is 96.3 Å². The van der Waals surface area contributed by atoms with Crippen LogP contribution in [0.2, 0.25) is 0 Å². The zero-order valence-electron chi connectivity index (χ0n) is 36.6. The van der Waals surface area contributed by atoms with E-state index in [0.717, 1.165) is 18.1 Å². The maximum Gasteiger partial charge on any atom is 0.326 e. The Kier molecular flexibility index (Phi) is 21.7. The van der Waals surface area contributed by atoms with Crippen molar-refractivity contribution >= 4 is 59.3 Å². The van der Waals surface area contributed by atoms with Gasteiger partial charge in [0, 0.05) is 20.5 Å². The number of rotatable bonds is 16. The van der Waals surface area contributed by atoms with Gasteiger partial charge in [-0.2, -0.15) is 11.8 Å². The third-order valence-corrected chi connectivity index (χ3v) is 11.5. The van der Waals surface area contributed by atoms with Crippen LogP contribution in [0.5, 0.6) is 5.75 Å². The van der Waals surface area contributed by atoms with Gasteiger partial charge in [-0.25, -0.2) is 9.59 Å². The Labute approximate surface area is 372 Å². The van der Waals surface area contributed by atoms with Crippen molar-refractivity contribution in [3.8, 4) is 5.75 Å². The van der Waals surface area contributed by atoms with E-state index in [4.69, 9.17) is 4.74 Å². The van der Waals surface area contributed by atoms with Crippen LogP contribution in [0.3, 0.4) is 0 Å². The number of nitrogens with zero attached hydrogens (tertiary/aromatic N) is 1. The van der Waals surface area contributed by atoms with Crippen molar-refractivity contribution in [1.29, 1.82) is 0 Å². The quantitative estimate of drug-likeness (QED) is 0.113. The molecular weight excluding hydrogens is 835 g/mol. The fraction of sp³-hybridized carbons (Fsp3) is 0.545. The normalized spacial score (nSPS) is 21.8. The molecule has 7 atom stereocenters. The minimum atomic E-state index is -1.37. The molecule has 1 heterocycles. The number of ether oxygens (including phenoxy) is 1. The summed E-state index contributed by atoms with van der Waals surface area (Å²) < 4.78 is 5.15. The molecule has 2 aromatic carbocycles. The lowest BCUT2D eigenvalue weighted by atomic mass is 9.99. The lowest BCUT2D eigenvalue weighted by Gasteiger charge is -2.32. The van der Waals surface area contributed by atoms with Crippen molar-refractivity contribution in [2.75, 3.05) is 32.2 Å². The molecule has 346 valence electrons. The highest BCUT2D eigenvalue weighted by molar-refractivity contribution is 7.98. The fourth-order valence-electron chi connectivity index (χ4n) is 6.88. The molecule has 1 fully saturated rings. The van der Waals surface area contributed by atoms with Crippen LogP contribution in [0.25, 0.3) is 0 Å². The van der Waals surface area contributed by atoms with Gasteiger partial charge in [0.05, 0.1) is 0 Å². The van der Waals surface area contributed by atoms with Crippen LogP contribution in [0.1, 0.15) is 76.8 Å². The van der Waals surface area contributed by atoms with Gasteiger partial charge in [0.2, 0.25) is 29.5 Å². The number of aryl methyl sites for hydroxylation is 2. The fourth-order valence-corrected chi connectivity index (χ4v) is 7.35. The molecule has 18 nitrogen and oxygen atoms in total. The number of carboxylic acids is 1. The molecule has 0 unspecified atom stereocenters. The molecule has 0 radical (unpaired) electrons. The average molecular weight is 898 g/mol. The van der Waals surface area contributed by atoms with E-state index in [0.29, 0.717) is 18.6 Å². The zero-order valence-corrected chi connectivity index (χ0v) is 37.5. The highest BCUT2D eigenvalue weighted by Gasteiger charge is 2.36. The molecular formula is C44H63N7O11S. The Morgan fingerprint density at radius 3 is 2.11 bits per heavy atom. The molecule has 8 N–H and O–H groups in total. The number of esters is 1. The number of amides is 7. The summed E-state index contributed by atoms with van der Waals surface area (Å²) in [6, 6.07) is 7.25. The first-order chi connectivity index (χ1) is 30.0. The van der Waals surface area contributed by atoms with Crippen LogP contribution in [-0.4, -0.2) is 131 Å². The second kappa shape index (κ2) is 26.6. The number of benzene rings is 2. The maximum atomic E-state index is 14.6. The Hall–Kier alpha value is -5.85. The van der Waals surface area contributed by atoms with E-state index in [9.17, 15) is 48.6 Å². The van der Waals surface area contributed by atoms with Crippen molar-refractivity contribution in [2.24, 2.45) is 5.92 Å². The minimum Gasteiger partial charge on any atom is -0.508 e. The monoisotopic (exact) mass is 897 g/mol. The first-order valence-electron chi connectivity index (χ1n) is 21.2. The molecule has 0 aromatic heterocycles. The summed E-state index contributed by atoms with van der Waals surface area (Å²) in [5.74, 6) is -5.34. The van der Waals surface area contributed by atoms with Crippen molar-refractivity contribution in [3.05, 3.63) is 65.7 Å². The Morgan fingerprint density at radius 2 is 1.48 bits per heavy atom. The largest absolute Gasteiger partial charge is 0.508 e. The topological polar surface area (TPSA) is 262 Å². The molecule has 0 bridgehead atoms. The number of phenolic OH excluding ortho intramolecular Hbond substituents is 1. The van der Waals surface area contributed by atoms with Crippen molar-refractivity contribution in [3.63, 3.8) is 0 Å². The van der Waals surface area contributed by atoms with Gasteiger partial charge in [0.25, 0.3) is 0 Å². The molecule has 63 heavy (non-hydrogen) atoms. The van der Waals surface area contributed by atoms with E-state index in [1.165, 1.54) is 35.8 Å². The predicted octanol–water partition coefficient (Wildman–Crippen LogP) is 2.02. The van der Waals surface area contributed by atoms with Crippen LogP contribution >= 0.6 is 11.8 Å². The zero-order chi connectivity index (χ0) is 46.5. The van der Waals surface area contributed by atoms with Crippen LogP contribution in [-0.2, 0) is 51.1 Å². The van der Waals surface area contributed by atoms with Crippen LogP contribution in [0, 0.1) is 5.92 Å². The summed E-state index contributed by atoms with van der Waals surface area (Å²) in [5, 5.41) is 35.6. The van der Waals surface area contributed by atoms with E-state index in [2.05, 4.69) is 31.9 Å². The number of carboxylic acid groups (broad SMARTS) is 1. The number of aliphatic carboxylic acids is 1. The number of hydrogen-bond donors (Lipinski definition) is 8. The van der Waals surface area contributed by atoms with Gasteiger partial charge in [-0.05, 0) is 92.6 Å². The first-order valence-corrected chi connectivity index (χ1v) is 22.6. The number of thioether (sulfide) groups is 1. The standard InChI is InChI=1S/C44H63N7O11S/c1-6-27(2)37(43(59)60)50-44(61)49-32-14-10-11-24-45-38(54)35(26-62-28(3)52)48-41(57)36(22-18-30-15-19-31(53)20-16-30)51(4)42(58)34(21-17-29-12-8-7-9-13-29)47-40(56)33(23-25-63-5)46-39(32)55/h7-9,12-13,15-16,19-20,27,32-37,53H,6,10-11,14,17-18,21-26H2,1-5H3,(H,45,54)(H,46,55)(H,47,56)(H,48,57)(H,59,60)(H2,49,50,61)/t27-,32+,33+,34-,35+,36+,37-/m0/s1. The van der Waals surface area contributed by atoms with E-state index >= 15 is 0 Å². The van der Waals surface area contributed by atoms with Crippen molar-refractivity contribution in [1.82, 2.24) is 36.8 Å². The minimum absolute atomic E-state index is 0.0202. The summed E-state index contributed by atoms with van der Waals surface area (Å²) in [6.45, 7) is 4.13. The third-order valence-electron chi connectivity index (χ3n) is 10.9. The number of carbonyl (C=O) groups excluding carboxylic acids is 7. The van der Waals surface area contributed by atoms with Gasteiger partial charge < -0.3 is 51.8 Å². The van der Waals surface area contributed by atoms with Crippen LogP contribution < -0.4 is 31.9 Å². The van der Waals surface area contributed by atoms with E-state index in [1.807, 2.05) is 36.6 Å². The lowest BCUT2D eigenvalue weighted by molar-refractivity contribution is -0.146. The molecule has 0 spiro atoms. The molecule has 2 aromatic rings. The predicted molar refractivity (Wildman–Crippen MR) is 236 cm³/mol. The highest BCUT2D eigenvalue weighted by Crippen LogP contribution is 2.17. The molecule has 0 saturated carbocycles. The number of likely N-dealkylation sites (N-methyl/N-ethyl adjacent to an activating group) is 1. The molecule has 1 saturated heterocycles. The molecule has 7 amide bonds. The third kappa shape index (κ3) is 17.4. The number of aromatic hydroxyl groups is 1. The van der Waals surface area contributed by atoms with Crippen LogP contribution in [0.4, 0.5) is 4.79 Å². The van der Waals surface area contributed by atoms with Gasteiger partial charge in [-0.3, -0.25) is 28.8 Å². The number of hydrogen-bond acceptors (Lipinski definition) is 11. The Morgan fingerprint density at radius 1 is 0.841 bits per heavy atom. The molecule has 19 heteroatoms. The Balaban J connectivity index is 2.07. The van der Waals surface area contributed by atoms with E-state index in [-0.39, 0.29) is 57.2 Å². The van der Waals surface area contributed by atoms with Gasteiger partial charge in [0.15, 0.2) is 0 Å². The summed E-state index contributed by atoms with van der Waals surface area (Å²) >= 11 is 1.43. The lowest BCUT2D eigenvalue weighted by Crippen LogP contribution is -2.60. The van der Waals surface area contributed by atoms with E-state index in [1.54, 1.807) is 26.0 Å². The summed E-state index contributed by atoms with van der Waals surface area (Å²) in [7, 11) is 1.42. The molecule has 1 aliphatic heterocycles. The molecule has 3 rings (SSSR count). The van der Waals surface area contributed by atoms with Crippen molar-refractivity contribution < 1.29 is 53.3 Å². The maximum absolute atomic E-state index is 14.6. The van der Waals surface area contributed by atoms with Gasteiger partial charge in [-0.15, -0.1) is 0 Å². The summed E-state index contributed by atoms with van der Waals surface area (Å²) in [6.07, 6.45) is 3.75. The van der Waals surface area contributed by atoms with Gasteiger partial charge >= 0.3 is 18.0 Å². The van der Waals surface area contributed by atoms with Gasteiger partial charge in [-0.1, -0.05) is 62.7 Å². The number of urea groups is 1. The SMILES string of the molecule is CC[C@H](C)[C@H](NC(=O)N[C@@H]1CCCCNC(=O)[C@@H](COC(C)=O)NC(=O)[C@@H](CCc2ccc(O)cc2)N(C)C(=O)[C@H](CCc2ccccc2)NC(=O)[C@@H](CCSC)NC1=O)C(=O)O. The summed E-state index contributed by atoms with van der Waals surface area (Å²) in [4.78, 5) is 109. The second-order valence-electron chi connectivity index (χ2n) is 15.6. The second-order valence-corrected chi connectivity index (χ2v) is 16.6. The molecule has 0 aliphatic carbocycles. The molecule has 1 aliphatic rings. The Bertz CT molecular complexity index is 1850. The smallest absolute Gasteiger partial charge is 0.326 e. The highest BCUT2D eigenvalue weighted by atomic mass is 32.2.